The second-order valence-corrected chi connectivity index (χ2v) is 7.46. The minimum atomic E-state index is 0.232. The summed E-state index contributed by atoms with van der Waals surface area (Å²) in [4.78, 5) is 23.8. The van der Waals surface area contributed by atoms with Crippen LogP contribution in [0.15, 0.2) is 36.7 Å². The maximum absolute atomic E-state index is 12.5. The van der Waals surface area contributed by atoms with E-state index in [-0.39, 0.29) is 5.91 Å². The third kappa shape index (κ3) is 2.34. The Balaban J connectivity index is 1.54. The third-order valence-electron chi connectivity index (χ3n) is 4.69. The summed E-state index contributed by atoms with van der Waals surface area (Å²) in [5, 5.41) is 0. The fraction of sp³-hybridized carbons (Fsp3) is 0.412. The molecule has 2 aromatic rings. The van der Waals surface area contributed by atoms with Crippen LogP contribution in [-0.4, -0.2) is 34.4 Å². The number of pyridine rings is 1. The van der Waals surface area contributed by atoms with E-state index < -0.39 is 0 Å². The second-order valence-electron chi connectivity index (χ2n) is 6.09. The Morgan fingerprint density at radius 2 is 2.23 bits per heavy atom. The molecule has 2 aliphatic rings. The van der Waals surface area contributed by atoms with Crippen molar-refractivity contribution in [3.05, 3.63) is 46.4 Å². The van der Waals surface area contributed by atoms with Crippen LogP contribution in [0.5, 0.6) is 0 Å². The van der Waals surface area contributed by atoms with Crippen LogP contribution in [0.3, 0.4) is 0 Å². The minimum Gasteiger partial charge on any atom is -0.306 e. The molecule has 4 nitrogen and oxygen atoms in total. The third-order valence-corrected chi connectivity index (χ3v) is 5.67. The molecule has 2 saturated heterocycles. The number of aromatic nitrogens is 1. The summed E-state index contributed by atoms with van der Waals surface area (Å²) < 4.78 is 0. The molecule has 0 aromatic carbocycles. The average Bonchev–Trinajstić information content (AvgIpc) is 3.17. The number of fused-ring (bicyclic) bond motifs is 1. The van der Waals surface area contributed by atoms with E-state index in [1.807, 2.05) is 28.4 Å². The molecular weight excluding hydrogens is 294 g/mol. The molecular formula is C17H19N3OS. The first-order chi connectivity index (χ1) is 10.7. The SMILES string of the molecule is Cc1ccc(CN2CC[C@@H]3[C@H]2CC(=O)N3c2cccnc2)s1. The number of hydrogen-bond acceptors (Lipinski definition) is 4. The normalized spacial score (nSPS) is 25.0. The topological polar surface area (TPSA) is 36.4 Å². The summed E-state index contributed by atoms with van der Waals surface area (Å²) in [7, 11) is 0. The van der Waals surface area contributed by atoms with Crippen molar-refractivity contribution in [2.75, 3.05) is 11.4 Å². The van der Waals surface area contributed by atoms with Gasteiger partial charge in [0.05, 0.1) is 17.9 Å². The van der Waals surface area contributed by atoms with Crippen molar-refractivity contribution in [3.8, 4) is 0 Å². The van der Waals surface area contributed by atoms with Crippen molar-refractivity contribution < 1.29 is 4.79 Å². The van der Waals surface area contributed by atoms with Crippen molar-refractivity contribution in [1.29, 1.82) is 0 Å². The number of likely N-dealkylation sites (tertiary alicyclic amines) is 1. The Morgan fingerprint density at radius 3 is 2.95 bits per heavy atom. The number of anilines is 1. The van der Waals surface area contributed by atoms with Crippen LogP contribution in [0.4, 0.5) is 5.69 Å². The molecule has 5 heteroatoms. The smallest absolute Gasteiger partial charge is 0.229 e. The maximum Gasteiger partial charge on any atom is 0.229 e. The highest BCUT2D eigenvalue weighted by molar-refractivity contribution is 7.11. The van der Waals surface area contributed by atoms with Crippen LogP contribution in [0, 0.1) is 6.92 Å². The molecule has 2 aromatic heterocycles. The predicted octanol–water partition coefficient (Wildman–Crippen LogP) is 2.83. The molecule has 0 aliphatic carbocycles. The van der Waals surface area contributed by atoms with Crippen LogP contribution in [0.25, 0.3) is 0 Å². The quantitative estimate of drug-likeness (QED) is 0.874. The number of amides is 1. The Labute approximate surface area is 134 Å². The molecule has 0 unspecified atom stereocenters. The lowest BCUT2D eigenvalue weighted by molar-refractivity contribution is -0.117. The second kappa shape index (κ2) is 5.48. The highest BCUT2D eigenvalue weighted by atomic mass is 32.1. The highest BCUT2D eigenvalue weighted by Gasteiger charge is 2.47. The molecule has 2 fully saturated rings. The van der Waals surface area contributed by atoms with Gasteiger partial charge in [-0.2, -0.15) is 0 Å². The lowest BCUT2D eigenvalue weighted by atomic mass is 10.1. The highest BCUT2D eigenvalue weighted by Crippen LogP contribution is 2.36. The Kier molecular flexibility index (Phi) is 3.47. The minimum absolute atomic E-state index is 0.232. The van der Waals surface area contributed by atoms with Gasteiger partial charge < -0.3 is 4.90 Å². The molecule has 0 saturated carbocycles. The van der Waals surface area contributed by atoms with E-state index in [0.29, 0.717) is 18.5 Å². The molecule has 2 atom stereocenters. The van der Waals surface area contributed by atoms with Gasteiger partial charge in [-0.05, 0) is 37.6 Å². The first kappa shape index (κ1) is 13.9. The maximum atomic E-state index is 12.5. The first-order valence-electron chi connectivity index (χ1n) is 7.74. The Bertz CT molecular complexity index is 684. The van der Waals surface area contributed by atoms with Gasteiger partial charge in [-0.3, -0.25) is 14.7 Å². The number of carbonyl (C=O) groups excluding carboxylic acids is 1. The first-order valence-corrected chi connectivity index (χ1v) is 8.55. The van der Waals surface area contributed by atoms with Crippen LogP contribution in [-0.2, 0) is 11.3 Å². The van der Waals surface area contributed by atoms with Crippen molar-refractivity contribution in [2.45, 2.75) is 38.4 Å². The summed E-state index contributed by atoms with van der Waals surface area (Å²) in [5.41, 5.74) is 0.939. The van der Waals surface area contributed by atoms with Crippen LogP contribution < -0.4 is 4.90 Å². The van der Waals surface area contributed by atoms with E-state index in [9.17, 15) is 4.79 Å². The van der Waals surface area contributed by atoms with Crippen LogP contribution in [0.2, 0.25) is 0 Å². The number of aryl methyl sites for hydroxylation is 1. The molecule has 4 heterocycles. The monoisotopic (exact) mass is 313 g/mol. The fourth-order valence-electron chi connectivity index (χ4n) is 3.73. The van der Waals surface area contributed by atoms with E-state index in [1.165, 1.54) is 9.75 Å². The fourth-order valence-corrected chi connectivity index (χ4v) is 4.64. The number of nitrogens with zero attached hydrogens (tertiary/aromatic N) is 3. The van der Waals surface area contributed by atoms with Crippen molar-refractivity contribution in [2.24, 2.45) is 0 Å². The zero-order valence-electron chi connectivity index (χ0n) is 12.6. The number of hydrogen-bond donors (Lipinski definition) is 0. The van der Waals surface area contributed by atoms with Gasteiger partial charge in [0.25, 0.3) is 0 Å². The molecule has 0 radical (unpaired) electrons. The zero-order valence-corrected chi connectivity index (χ0v) is 13.4. The molecule has 114 valence electrons. The number of carbonyl (C=O) groups is 1. The zero-order chi connectivity index (χ0) is 15.1. The average molecular weight is 313 g/mol. The summed E-state index contributed by atoms with van der Waals surface area (Å²) in [6, 6.07) is 8.92. The van der Waals surface area contributed by atoms with E-state index in [4.69, 9.17) is 0 Å². The van der Waals surface area contributed by atoms with E-state index in [2.05, 4.69) is 28.9 Å². The molecule has 0 spiro atoms. The number of rotatable bonds is 3. The number of thiophene rings is 1. The van der Waals surface area contributed by atoms with Gasteiger partial charge in [0.1, 0.15) is 0 Å². The molecule has 4 rings (SSSR count). The van der Waals surface area contributed by atoms with Gasteiger partial charge in [0.15, 0.2) is 0 Å². The van der Waals surface area contributed by atoms with Crippen LogP contribution in [0.1, 0.15) is 22.6 Å². The van der Waals surface area contributed by atoms with Crippen molar-refractivity contribution in [1.82, 2.24) is 9.88 Å². The molecule has 1 amide bonds. The Hall–Kier alpha value is -1.72. The van der Waals surface area contributed by atoms with Crippen molar-refractivity contribution in [3.63, 3.8) is 0 Å². The molecule has 0 N–H and O–H groups in total. The predicted molar refractivity (Wildman–Crippen MR) is 88.0 cm³/mol. The van der Waals surface area contributed by atoms with Gasteiger partial charge >= 0.3 is 0 Å². The summed E-state index contributed by atoms with van der Waals surface area (Å²) in [6.07, 6.45) is 5.23. The van der Waals surface area contributed by atoms with Gasteiger partial charge in [-0.1, -0.05) is 0 Å². The molecule has 0 bridgehead atoms. The van der Waals surface area contributed by atoms with Gasteiger partial charge in [-0.25, -0.2) is 0 Å². The molecule has 2 aliphatic heterocycles. The van der Waals surface area contributed by atoms with Gasteiger partial charge in [0.2, 0.25) is 5.91 Å². The van der Waals surface area contributed by atoms with Crippen LogP contribution >= 0.6 is 11.3 Å². The Morgan fingerprint density at radius 1 is 1.32 bits per heavy atom. The summed E-state index contributed by atoms with van der Waals surface area (Å²) >= 11 is 1.86. The van der Waals surface area contributed by atoms with Crippen molar-refractivity contribution >= 4 is 22.9 Å². The molecule has 22 heavy (non-hydrogen) atoms. The van der Waals surface area contributed by atoms with Gasteiger partial charge in [0, 0.05) is 41.5 Å². The largest absolute Gasteiger partial charge is 0.306 e. The lowest BCUT2D eigenvalue weighted by Gasteiger charge is -2.25. The van der Waals surface area contributed by atoms with E-state index in [0.717, 1.165) is 25.2 Å². The standard InChI is InChI=1S/C17H19N3OS/c1-12-4-5-14(22-12)11-19-8-6-15-16(19)9-17(21)20(15)13-3-2-7-18-10-13/h2-5,7,10,15-16H,6,8-9,11H2,1H3/t15-,16-/m1/s1. The summed E-state index contributed by atoms with van der Waals surface area (Å²) in [5.74, 6) is 0.232. The summed E-state index contributed by atoms with van der Waals surface area (Å²) in [6.45, 7) is 4.17. The van der Waals surface area contributed by atoms with Gasteiger partial charge in [-0.15, -0.1) is 11.3 Å². The lowest BCUT2D eigenvalue weighted by Crippen LogP contribution is -2.37. The van der Waals surface area contributed by atoms with E-state index >= 15 is 0 Å². The van der Waals surface area contributed by atoms with E-state index in [1.54, 1.807) is 12.4 Å².